The number of ether oxygens (including phenoxy) is 3. The molecule has 0 aromatic rings. The lowest BCUT2D eigenvalue weighted by Gasteiger charge is -2.41. The van der Waals surface area contributed by atoms with Gasteiger partial charge in [0.05, 0.1) is 12.6 Å². The van der Waals surface area contributed by atoms with Crippen molar-refractivity contribution in [1.82, 2.24) is 9.80 Å². The van der Waals surface area contributed by atoms with Gasteiger partial charge in [0.1, 0.15) is 11.2 Å². The lowest BCUT2D eigenvalue weighted by molar-refractivity contribution is -0.0264. The van der Waals surface area contributed by atoms with Crippen molar-refractivity contribution in [3.8, 4) is 0 Å². The first kappa shape index (κ1) is 19.5. The monoisotopic (exact) mass is 330 g/mol. The van der Waals surface area contributed by atoms with E-state index in [0.29, 0.717) is 26.2 Å². The van der Waals surface area contributed by atoms with Crippen molar-refractivity contribution in [3.63, 3.8) is 0 Å². The molecule has 1 rings (SSSR count). The summed E-state index contributed by atoms with van der Waals surface area (Å²) in [5, 5.41) is 0. The summed E-state index contributed by atoms with van der Waals surface area (Å²) in [5.74, 6) is 0. The van der Waals surface area contributed by atoms with Crippen molar-refractivity contribution in [1.29, 1.82) is 0 Å². The van der Waals surface area contributed by atoms with Crippen molar-refractivity contribution in [2.75, 3.05) is 33.4 Å². The van der Waals surface area contributed by atoms with Gasteiger partial charge in [0.15, 0.2) is 0 Å². The Hall–Kier alpha value is -1.50. The first-order valence-electron chi connectivity index (χ1n) is 7.89. The van der Waals surface area contributed by atoms with Gasteiger partial charge in [-0.3, -0.25) is 4.90 Å². The highest BCUT2D eigenvalue weighted by Gasteiger charge is 2.36. The SMILES string of the molecule is COCC1CN(C(=O)OC(C)(C)C)CCN1C(=O)OC(C)(C)C. The number of piperazine rings is 1. The molecule has 23 heavy (non-hydrogen) atoms. The van der Waals surface area contributed by atoms with Gasteiger partial charge in [-0.25, -0.2) is 9.59 Å². The summed E-state index contributed by atoms with van der Waals surface area (Å²) >= 11 is 0. The minimum atomic E-state index is -0.559. The molecule has 0 aliphatic carbocycles. The number of nitrogens with zero attached hydrogens (tertiary/aromatic N) is 2. The van der Waals surface area contributed by atoms with Gasteiger partial charge in [0.25, 0.3) is 0 Å². The lowest BCUT2D eigenvalue weighted by atomic mass is 10.1. The zero-order valence-electron chi connectivity index (χ0n) is 15.3. The highest BCUT2D eigenvalue weighted by atomic mass is 16.6. The Morgan fingerprint density at radius 2 is 1.48 bits per heavy atom. The summed E-state index contributed by atoms with van der Waals surface area (Å²) in [7, 11) is 1.57. The van der Waals surface area contributed by atoms with E-state index in [2.05, 4.69) is 0 Å². The standard InChI is InChI=1S/C16H30N2O5/c1-15(2,3)22-13(19)17-8-9-18(12(10-17)11-21-7)14(20)23-16(4,5)6/h12H,8-11H2,1-7H3. The molecular weight excluding hydrogens is 300 g/mol. The Kier molecular flexibility index (Phi) is 6.27. The van der Waals surface area contributed by atoms with E-state index in [9.17, 15) is 9.59 Å². The van der Waals surface area contributed by atoms with Gasteiger partial charge in [-0.2, -0.15) is 0 Å². The van der Waals surface area contributed by atoms with Crippen molar-refractivity contribution in [2.45, 2.75) is 58.8 Å². The molecule has 1 saturated heterocycles. The van der Waals surface area contributed by atoms with Crippen LogP contribution in [0.25, 0.3) is 0 Å². The summed E-state index contributed by atoms with van der Waals surface area (Å²) in [6.45, 7) is 12.5. The average molecular weight is 330 g/mol. The van der Waals surface area contributed by atoms with E-state index in [1.165, 1.54) is 0 Å². The predicted octanol–water partition coefficient (Wildman–Crippen LogP) is 2.49. The molecular formula is C16H30N2O5. The molecule has 0 aromatic heterocycles. The van der Waals surface area contributed by atoms with Gasteiger partial charge < -0.3 is 19.1 Å². The molecule has 1 fully saturated rings. The molecule has 1 atom stereocenters. The molecule has 0 spiro atoms. The van der Waals surface area contributed by atoms with E-state index in [4.69, 9.17) is 14.2 Å². The molecule has 1 heterocycles. The third kappa shape index (κ3) is 6.64. The van der Waals surface area contributed by atoms with Gasteiger partial charge in [0, 0.05) is 26.7 Å². The molecule has 0 bridgehead atoms. The van der Waals surface area contributed by atoms with Crippen LogP contribution in [0.3, 0.4) is 0 Å². The minimum absolute atomic E-state index is 0.254. The third-order valence-electron chi connectivity index (χ3n) is 3.12. The zero-order valence-corrected chi connectivity index (χ0v) is 15.3. The summed E-state index contributed by atoms with van der Waals surface area (Å²) < 4.78 is 16.0. The maximum absolute atomic E-state index is 12.3. The van der Waals surface area contributed by atoms with Crippen LogP contribution in [-0.4, -0.2) is 72.6 Å². The number of carbonyl (C=O) groups is 2. The minimum Gasteiger partial charge on any atom is -0.444 e. The second kappa shape index (κ2) is 7.38. The normalized spacial score (nSPS) is 19.5. The molecule has 1 unspecified atom stereocenters. The van der Waals surface area contributed by atoms with E-state index in [1.807, 2.05) is 41.5 Å². The maximum atomic E-state index is 12.3. The van der Waals surface area contributed by atoms with Crippen molar-refractivity contribution in [2.24, 2.45) is 0 Å². The average Bonchev–Trinajstić information content (AvgIpc) is 2.34. The topological polar surface area (TPSA) is 68.3 Å². The molecule has 0 saturated carbocycles. The fourth-order valence-electron chi connectivity index (χ4n) is 2.24. The van der Waals surface area contributed by atoms with Crippen LogP contribution >= 0.6 is 0 Å². The number of methoxy groups -OCH3 is 1. The maximum Gasteiger partial charge on any atom is 0.410 e. The molecule has 1 aliphatic rings. The van der Waals surface area contributed by atoms with E-state index in [0.717, 1.165) is 0 Å². The Morgan fingerprint density at radius 3 is 1.96 bits per heavy atom. The Morgan fingerprint density at radius 1 is 0.957 bits per heavy atom. The summed E-state index contributed by atoms with van der Waals surface area (Å²) in [4.78, 5) is 27.7. The summed E-state index contributed by atoms with van der Waals surface area (Å²) in [6, 6.07) is -0.254. The van der Waals surface area contributed by atoms with Gasteiger partial charge in [-0.1, -0.05) is 0 Å². The predicted molar refractivity (Wildman–Crippen MR) is 86.4 cm³/mol. The van der Waals surface area contributed by atoms with E-state index in [1.54, 1.807) is 16.9 Å². The van der Waals surface area contributed by atoms with Gasteiger partial charge in [-0.05, 0) is 41.5 Å². The van der Waals surface area contributed by atoms with Crippen LogP contribution in [0.5, 0.6) is 0 Å². The molecule has 0 aromatic carbocycles. The van der Waals surface area contributed by atoms with Crippen LogP contribution in [0.2, 0.25) is 0 Å². The molecule has 0 radical (unpaired) electrons. The van der Waals surface area contributed by atoms with E-state index < -0.39 is 11.2 Å². The quantitative estimate of drug-likeness (QED) is 0.778. The Balaban J connectivity index is 2.74. The van der Waals surface area contributed by atoms with Crippen LogP contribution in [0.1, 0.15) is 41.5 Å². The fraction of sp³-hybridized carbons (Fsp3) is 0.875. The van der Waals surface area contributed by atoms with E-state index >= 15 is 0 Å². The molecule has 1 aliphatic heterocycles. The summed E-state index contributed by atoms with van der Waals surface area (Å²) in [6.07, 6.45) is -0.758. The van der Waals surface area contributed by atoms with Crippen molar-refractivity contribution >= 4 is 12.2 Å². The highest BCUT2D eigenvalue weighted by molar-refractivity contribution is 5.71. The highest BCUT2D eigenvalue weighted by Crippen LogP contribution is 2.18. The Labute approximate surface area is 138 Å². The molecule has 7 nitrogen and oxygen atoms in total. The van der Waals surface area contributed by atoms with Crippen LogP contribution in [0.4, 0.5) is 9.59 Å². The second-order valence-electron chi connectivity index (χ2n) is 7.71. The first-order valence-corrected chi connectivity index (χ1v) is 7.89. The zero-order chi connectivity index (χ0) is 17.8. The number of amides is 2. The molecule has 2 amide bonds. The number of carbonyl (C=O) groups excluding carboxylic acids is 2. The second-order valence-corrected chi connectivity index (χ2v) is 7.71. The summed E-state index contributed by atoms with van der Waals surface area (Å²) in [5.41, 5.74) is -1.10. The molecule has 0 N–H and O–H groups in total. The lowest BCUT2D eigenvalue weighted by Crippen LogP contribution is -2.59. The van der Waals surface area contributed by atoms with Crippen LogP contribution in [0, 0.1) is 0 Å². The Bertz CT molecular complexity index is 425. The molecule has 134 valence electrons. The van der Waals surface area contributed by atoms with E-state index in [-0.39, 0.29) is 18.2 Å². The van der Waals surface area contributed by atoms with Crippen molar-refractivity contribution < 1.29 is 23.8 Å². The first-order chi connectivity index (χ1) is 10.4. The smallest absolute Gasteiger partial charge is 0.410 e. The largest absolute Gasteiger partial charge is 0.444 e. The van der Waals surface area contributed by atoms with Gasteiger partial charge in [0.2, 0.25) is 0 Å². The van der Waals surface area contributed by atoms with Crippen LogP contribution in [0.15, 0.2) is 0 Å². The van der Waals surface area contributed by atoms with Crippen LogP contribution in [-0.2, 0) is 14.2 Å². The number of hydrogen-bond acceptors (Lipinski definition) is 5. The van der Waals surface area contributed by atoms with Crippen molar-refractivity contribution in [3.05, 3.63) is 0 Å². The molecule has 7 heteroatoms. The fourth-order valence-corrected chi connectivity index (χ4v) is 2.24. The number of rotatable bonds is 2. The van der Waals surface area contributed by atoms with Gasteiger partial charge >= 0.3 is 12.2 Å². The third-order valence-corrected chi connectivity index (χ3v) is 3.12. The van der Waals surface area contributed by atoms with Crippen LogP contribution < -0.4 is 0 Å². The van der Waals surface area contributed by atoms with Gasteiger partial charge in [-0.15, -0.1) is 0 Å². The number of hydrogen-bond donors (Lipinski definition) is 0.